The molecule has 3 N–H and O–H groups in total. The highest BCUT2D eigenvalue weighted by Crippen LogP contribution is 2.50. The molecule has 4 rings (SSSR count). The van der Waals surface area contributed by atoms with E-state index in [-0.39, 0.29) is 0 Å². The van der Waals surface area contributed by atoms with Crippen molar-refractivity contribution in [3.05, 3.63) is 71.3 Å². The van der Waals surface area contributed by atoms with Crippen LogP contribution in [0.5, 0.6) is 0 Å². The largest absolute Gasteiger partial charge is 0.378 e. The first-order valence-corrected chi connectivity index (χ1v) is 8.84. The Morgan fingerprint density at radius 3 is 2.79 bits per heavy atom. The number of rotatable bonds is 4. The van der Waals surface area contributed by atoms with Crippen molar-refractivity contribution in [2.45, 2.75) is 30.2 Å². The van der Waals surface area contributed by atoms with Crippen molar-refractivity contribution in [2.75, 3.05) is 5.32 Å². The molecule has 3 atom stereocenters. The fourth-order valence-electron chi connectivity index (χ4n) is 3.79. The molecule has 4 nitrogen and oxygen atoms in total. The first-order chi connectivity index (χ1) is 11.8. The molecule has 0 unspecified atom stereocenters. The zero-order valence-electron chi connectivity index (χ0n) is 13.4. The normalized spacial score (nSPS) is 24.3. The van der Waals surface area contributed by atoms with Crippen molar-refractivity contribution in [3.63, 3.8) is 0 Å². The van der Waals surface area contributed by atoms with Crippen molar-refractivity contribution in [3.8, 4) is 0 Å². The predicted octanol–water partition coefficient (Wildman–Crippen LogP) is 4.65. The van der Waals surface area contributed by atoms with Crippen molar-refractivity contribution in [1.29, 1.82) is 0 Å². The molecule has 0 aromatic heterocycles. The number of hydrogen-bond donors (Lipinski definition) is 2. The van der Waals surface area contributed by atoms with Crippen LogP contribution in [0.3, 0.4) is 0 Å². The minimum Gasteiger partial charge on any atom is -0.378 e. The summed E-state index contributed by atoms with van der Waals surface area (Å²) in [7, 11) is 0. The second-order valence-corrected chi connectivity index (χ2v) is 7.16. The van der Waals surface area contributed by atoms with Crippen LogP contribution < -0.4 is 11.2 Å². The van der Waals surface area contributed by atoms with E-state index in [9.17, 15) is 0 Å². The number of nitrogens with two attached hydrogens (primary N) is 1. The van der Waals surface area contributed by atoms with Crippen LogP contribution in [-0.4, -0.2) is 0 Å². The molecule has 2 aromatic rings. The van der Waals surface area contributed by atoms with Crippen LogP contribution in [0.4, 0.5) is 5.69 Å². The van der Waals surface area contributed by atoms with Gasteiger partial charge in [0.1, 0.15) is 0 Å². The molecule has 0 bridgehead atoms. The molecule has 1 heterocycles. The fraction of sp³-hybridized carbons (Fsp3) is 0.263. The van der Waals surface area contributed by atoms with E-state index in [1.165, 1.54) is 22.4 Å². The number of aryl methyl sites for hydroxylation is 1. The van der Waals surface area contributed by atoms with Gasteiger partial charge in [0, 0.05) is 16.5 Å². The van der Waals surface area contributed by atoms with Gasteiger partial charge in [0.2, 0.25) is 0 Å². The Kier molecular flexibility index (Phi) is 4.33. The third kappa shape index (κ3) is 2.84. The summed E-state index contributed by atoms with van der Waals surface area (Å²) in [5.74, 6) is 5.88. The molecule has 2 aromatic carbocycles. The molecule has 5 heteroatoms. The average molecular weight is 340 g/mol. The van der Waals surface area contributed by atoms with Crippen LogP contribution in [0.2, 0.25) is 0 Å². The second-order valence-electron chi connectivity index (χ2n) is 6.38. The van der Waals surface area contributed by atoms with Crippen molar-refractivity contribution in [2.24, 2.45) is 11.8 Å². The van der Waals surface area contributed by atoms with Crippen molar-refractivity contribution >= 4 is 17.7 Å². The summed E-state index contributed by atoms with van der Waals surface area (Å²) in [4.78, 5) is 5.17. The summed E-state index contributed by atoms with van der Waals surface area (Å²) < 4.78 is 4.78. The summed E-state index contributed by atoms with van der Waals surface area (Å²) in [6, 6.07) is 15.5. The summed E-state index contributed by atoms with van der Waals surface area (Å²) in [5.41, 5.74) is 5.14. The molecule has 0 saturated heterocycles. The van der Waals surface area contributed by atoms with E-state index >= 15 is 0 Å². The van der Waals surface area contributed by atoms with Gasteiger partial charge in [0.05, 0.1) is 18.1 Å². The van der Waals surface area contributed by atoms with Gasteiger partial charge in [-0.15, -0.1) is 9.32 Å². The lowest BCUT2D eigenvalue weighted by molar-refractivity contribution is -0.195. The van der Waals surface area contributed by atoms with E-state index < -0.39 is 0 Å². The van der Waals surface area contributed by atoms with Crippen LogP contribution in [0.15, 0.2) is 59.5 Å². The smallest absolute Gasteiger partial charge is 0.0702 e. The fourth-order valence-corrected chi connectivity index (χ4v) is 4.20. The monoisotopic (exact) mass is 340 g/mol. The standard InChI is InChI=1S/C19H20N2O2S/c1-12-5-7-13(8-6-12)19-16-4-2-3-15(16)17-11-14(24-23-22-20)9-10-18(17)21-19/h2-3,5-11,15-16,19,21H,4,20H2,1H3/t15-,16+,19+/m1/s1. The quantitative estimate of drug-likeness (QED) is 0.367. The van der Waals surface area contributed by atoms with Crippen molar-refractivity contribution in [1.82, 2.24) is 0 Å². The van der Waals surface area contributed by atoms with Gasteiger partial charge in [-0.3, -0.25) is 0 Å². The Hall–Kier alpha value is -1.79. The first-order valence-electron chi connectivity index (χ1n) is 8.10. The highest BCUT2D eigenvalue weighted by Gasteiger charge is 2.37. The molecule has 1 aliphatic heterocycles. The molecule has 24 heavy (non-hydrogen) atoms. The maximum absolute atomic E-state index is 4.93. The summed E-state index contributed by atoms with van der Waals surface area (Å²) >= 11 is 1.13. The number of benzene rings is 2. The summed E-state index contributed by atoms with van der Waals surface area (Å²) in [6.07, 6.45) is 5.72. The van der Waals surface area contributed by atoms with Gasteiger partial charge in [0.15, 0.2) is 0 Å². The van der Waals surface area contributed by atoms with E-state index in [1.54, 1.807) is 0 Å². The van der Waals surface area contributed by atoms with E-state index in [0.717, 1.165) is 23.4 Å². The van der Waals surface area contributed by atoms with Crippen molar-refractivity contribution < 1.29 is 9.32 Å². The molecular weight excluding hydrogens is 320 g/mol. The molecule has 0 amide bonds. The SMILES string of the molecule is Cc1ccc([C@@H]2Nc3ccc(SOON)cc3[C@@H]3C=CC[C@@H]32)cc1. The lowest BCUT2D eigenvalue weighted by Crippen LogP contribution is -2.29. The Balaban J connectivity index is 1.68. The minimum atomic E-state index is 0.334. The lowest BCUT2D eigenvalue weighted by Gasteiger charge is -2.37. The third-order valence-corrected chi connectivity index (χ3v) is 5.53. The number of anilines is 1. The van der Waals surface area contributed by atoms with Gasteiger partial charge in [-0.05, 0) is 48.6 Å². The van der Waals surface area contributed by atoms with E-state index in [2.05, 4.69) is 65.8 Å². The minimum absolute atomic E-state index is 0.334. The zero-order chi connectivity index (χ0) is 16.5. The Bertz CT molecular complexity index is 760. The first kappa shape index (κ1) is 15.7. The summed E-state index contributed by atoms with van der Waals surface area (Å²) in [5, 5.41) is 3.74. The highest BCUT2D eigenvalue weighted by atomic mass is 32.2. The molecule has 0 radical (unpaired) electrons. The van der Waals surface area contributed by atoms with Gasteiger partial charge in [-0.25, -0.2) is 0 Å². The zero-order valence-corrected chi connectivity index (χ0v) is 14.3. The van der Waals surface area contributed by atoms with Crippen LogP contribution >= 0.6 is 12.0 Å². The van der Waals surface area contributed by atoms with Gasteiger partial charge in [0.25, 0.3) is 0 Å². The Labute approximate surface area is 146 Å². The molecule has 0 fully saturated rings. The predicted molar refractivity (Wildman–Crippen MR) is 96.2 cm³/mol. The van der Waals surface area contributed by atoms with Crippen LogP contribution in [0, 0.1) is 12.8 Å². The topological polar surface area (TPSA) is 56.5 Å². The van der Waals surface area contributed by atoms with Gasteiger partial charge in [-0.2, -0.15) is 5.90 Å². The van der Waals surface area contributed by atoms with E-state index in [1.807, 2.05) is 6.07 Å². The molecule has 1 aliphatic carbocycles. The molecule has 0 spiro atoms. The molecule has 2 aliphatic rings. The molecule has 124 valence electrons. The number of allylic oxidation sites excluding steroid dienone is 2. The van der Waals surface area contributed by atoms with E-state index in [0.29, 0.717) is 17.9 Å². The van der Waals surface area contributed by atoms with Crippen LogP contribution in [0.25, 0.3) is 0 Å². The van der Waals surface area contributed by atoms with Gasteiger partial charge < -0.3 is 5.32 Å². The number of nitrogens with one attached hydrogen (secondary N) is 1. The van der Waals surface area contributed by atoms with Crippen LogP contribution in [0.1, 0.15) is 35.1 Å². The second kappa shape index (κ2) is 6.61. The average Bonchev–Trinajstić information content (AvgIpc) is 3.10. The Morgan fingerprint density at radius 1 is 1.17 bits per heavy atom. The number of fused-ring (bicyclic) bond motifs is 3. The maximum atomic E-state index is 4.93. The Morgan fingerprint density at radius 2 is 2.00 bits per heavy atom. The number of hydrogen-bond acceptors (Lipinski definition) is 5. The van der Waals surface area contributed by atoms with Gasteiger partial charge in [-0.1, -0.05) is 42.0 Å². The van der Waals surface area contributed by atoms with E-state index in [4.69, 9.17) is 10.2 Å². The lowest BCUT2D eigenvalue weighted by atomic mass is 9.77. The molecule has 0 saturated carbocycles. The van der Waals surface area contributed by atoms with Gasteiger partial charge >= 0.3 is 0 Å². The maximum Gasteiger partial charge on any atom is 0.0702 e. The van der Waals surface area contributed by atoms with Crippen LogP contribution in [-0.2, 0) is 9.32 Å². The molecular formula is C19H20N2O2S. The summed E-state index contributed by atoms with van der Waals surface area (Å²) in [6.45, 7) is 2.12. The third-order valence-electron chi connectivity index (χ3n) is 4.94. The highest BCUT2D eigenvalue weighted by molar-refractivity contribution is 7.94.